The fourth-order valence-electron chi connectivity index (χ4n) is 2.87. The van der Waals surface area contributed by atoms with Crippen molar-refractivity contribution in [3.8, 4) is 5.75 Å². The molecule has 2 aromatic carbocycles. The summed E-state index contributed by atoms with van der Waals surface area (Å²) in [6, 6.07) is 13.7. The lowest BCUT2D eigenvalue weighted by Crippen LogP contribution is -2.15. The van der Waals surface area contributed by atoms with Crippen molar-refractivity contribution >= 4 is 23.1 Å². The molecule has 6 nitrogen and oxygen atoms in total. The highest BCUT2D eigenvalue weighted by atomic mass is 16.5. The number of carbonyl (C=O) groups excluding carboxylic acids is 1. The summed E-state index contributed by atoms with van der Waals surface area (Å²) in [4.78, 5) is 21.1. The summed E-state index contributed by atoms with van der Waals surface area (Å²) in [5.41, 5.74) is 4.02. The predicted molar refractivity (Wildman–Crippen MR) is 112 cm³/mol. The Morgan fingerprint density at radius 1 is 1.04 bits per heavy atom. The van der Waals surface area contributed by atoms with E-state index in [-0.39, 0.29) is 11.6 Å². The van der Waals surface area contributed by atoms with E-state index in [0.717, 1.165) is 11.3 Å². The summed E-state index contributed by atoms with van der Waals surface area (Å²) < 4.78 is 5.29. The second-order valence-corrected chi connectivity index (χ2v) is 6.81. The van der Waals surface area contributed by atoms with Crippen LogP contribution in [0.1, 0.15) is 41.4 Å². The van der Waals surface area contributed by atoms with E-state index in [9.17, 15) is 4.79 Å². The number of carbonyl (C=O) groups is 1. The fourth-order valence-corrected chi connectivity index (χ4v) is 2.87. The highest BCUT2D eigenvalue weighted by molar-refractivity contribution is 6.03. The number of rotatable bonds is 6. The summed E-state index contributed by atoms with van der Waals surface area (Å²) in [6.45, 7) is 6.22. The van der Waals surface area contributed by atoms with Crippen LogP contribution < -0.4 is 15.4 Å². The van der Waals surface area contributed by atoms with Crippen molar-refractivity contribution in [3.05, 3.63) is 71.7 Å². The zero-order chi connectivity index (χ0) is 20.1. The van der Waals surface area contributed by atoms with Crippen molar-refractivity contribution in [2.75, 3.05) is 17.7 Å². The number of nitrogens with zero attached hydrogens (tertiary/aromatic N) is 2. The van der Waals surface area contributed by atoms with Crippen molar-refractivity contribution in [1.82, 2.24) is 9.97 Å². The van der Waals surface area contributed by atoms with Gasteiger partial charge in [-0.25, -0.2) is 9.97 Å². The third-order valence-electron chi connectivity index (χ3n) is 4.33. The van der Waals surface area contributed by atoms with E-state index in [2.05, 4.69) is 40.5 Å². The number of ether oxygens (including phenoxy) is 1. The SMILES string of the molecule is COc1ccc(C)cc1NC(=O)c1cnc(Nc2ccccc2C(C)C)cn1. The van der Waals surface area contributed by atoms with Crippen LogP contribution in [0.15, 0.2) is 54.9 Å². The van der Waals surface area contributed by atoms with Crippen LogP contribution in [-0.4, -0.2) is 23.0 Å². The Morgan fingerprint density at radius 3 is 2.50 bits per heavy atom. The molecule has 2 N–H and O–H groups in total. The minimum atomic E-state index is -0.342. The van der Waals surface area contributed by atoms with Gasteiger partial charge in [-0.3, -0.25) is 4.79 Å². The van der Waals surface area contributed by atoms with Gasteiger partial charge < -0.3 is 15.4 Å². The zero-order valence-electron chi connectivity index (χ0n) is 16.5. The Bertz CT molecular complexity index is 969. The molecule has 1 aromatic heterocycles. The van der Waals surface area contributed by atoms with Gasteiger partial charge >= 0.3 is 0 Å². The van der Waals surface area contributed by atoms with E-state index < -0.39 is 0 Å². The molecule has 1 amide bonds. The summed E-state index contributed by atoms with van der Waals surface area (Å²) in [5.74, 6) is 1.21. The largest absolute Gasteiger partial charge is 0.495 e. The van der Waals surface area contributed by atoms with Gasteiger partial charge in [0.25, 0.3) is 5.91 Å². The second kappa shape index (κ2) is 8.52. The average molecular weight is 376 g/mol. The van der Waals surface area contributed by atoms with Gasteiger partial charge in [-0.05, 0) is 42.2 Å². The zero-order valence-corrected chi connectivity index (χ0v) is 16.5. The highest BCUT2D eigenvalue weighted by Gasteiger charge is 2.13. The van der Waals surface area contributed by atoms with E-state index in [1.54, 1.807) is 13.3 Å². The van der Waals surface area contributed by atoms with Gasteiger partial charge in [0.05, 0.1) is 25.2 Å². The molecule has 0 aliphatic heterocycles. The number of aromatic nitrogens is 2. The third-order valence-corrected chi connectivity index (χ3v) is 4.33. The van der Waals surface area contributed by atoms with E-state index in [4.69, 9.17) is 4.74 Å². The Labute approximate surface area is 165 Å². The molecule has 0 fully saturated rings. The number of methoxy groups -OCH3 is 1. The maximum absolute atomic E-state index is 12.5. The molecule has 0 aliphatic rings. The summed E-state index contributed by atoms with van der Waals surface area (Å²) >= 11 is 0. The van der Waals surface area contributed by atoms with Crippen LogP contribution in [0.3, 0.4) is 0 Å². The molecule has 28 heavy (non-hydrogen) atoms. The normalized spacial score (nSPS) is 10.6. The molecule has 3 rings (SSSR count). The second-order valence-electron chi connectivity index (χ2n) is 6.81. The Kier molecular flexibility index (Phi) is 5.89. The van der Waals surface area contributed by atoms with Gasteiger partial charge in [-0.1, -0.05) is 38.1 Å². The number of nitrogens with one attached hydrogen (secondary N) is 2. The molecule has 0 atom stereocenters. The van der Waals surface area contributed by atoms with E-state index in [0.29, 0.717) is 23.2 Å². The maximum atomic E-state index is 12.5. The summed E-state index contributed by atoms with van der Waals surface area (Å²) in [5, 5.41) is 6.10. The average Bonchev–Trinajstić information content (AvgIpc) is 2.69. The predicted octanol–water partition coefficient (Wildman–Crippen LogP) is 4.91. The molecule has 0 saturated heterocycles. The molecule has 6 heteroatoms. The summed E-state index contributed by atoms with van der Waals surface area (Å²) in [7, 11) is 1.57. The van der Waals surface area contributed by atoms with Crippen LogP contribution in [0, 0.1) is 6.92 Å². The number of benzene rings is 2. The van der Waals surface area contributed by atoms with Crippen LogP contribution in [0.5, 0.6) is 5.75 Å². The maximum Gasteiger partial charge on any atom is 0.275 e. The highest BCUT2D eigenvalue weighted by Crippen LogP contribution is 2.27. The first kappa shape index (κ1) is 19.4. The molecule has 1 heterocycles. The van der Waals surface area contributed by atoms with Gasteiger partial charge in [0.1, 0.15) is 17.3 Å². The summed E-state index contributed by atoms with van der Waals surface area (Å²) in [6.07, 6.45) is 3.01. The number of aryl methyl sites for hydroxylation is 1. The van der Waals surface area contributed by atoms with Gasteiger partial charge in [0.2, 0.25) is 0 Å². The Morgan fingerprint density at radius 2 is 1.82 bits per heavy atom. The van der Waals surface area contributed by atoms with Gasteiger partial charge in [0.15, 0.2) is 0 Å². The molecular weight excluding hydrogens is 352 g/mol. The Hall–Kier alpha value is -3.41. The first-order valence-electron chi connectivity index (χ1n) is 9.12. The van der Waals surface area contributed by atoms with Crippen LogP contribution in [0.2, 0.25) is 0 Å². The first-order chi connectivity index (χ1) is 13.5. The van der Waals surface area contributed by atoms with Crippen molar-refractivity contribution in [3.63, 3.8) is 0 Å². The van der Waals surface area contributed by atoms with Crippen LogP contribution in [0.4, 0.5) is 17.2 Å². The van der Waals surface area contributed by atoms with Crippen molar-refractivity contribution in [2.45, 2.75) is 26.7 Å². The molecule has 0 saturated carbocycles. The monoisotopic (exact) mass is 376 g/mol. The number of hydrogen-bond acceptors (Lipinski definition) is 5. The standard InChI is InChI=1S/C22H24N4O2/c1-14(2)16-7-5-6-8-17(16)25-21-13-23-19(12-24-21)22(27)26-18-11-15(3)9-10-20(18)28-4/h5-14H,1-4H3,(H,24,25)(H,26,27). The minimum Gasteiger partial charge on any atom is -0.495 e. The lowest BCUT2D eigenvalue weighted by Gasteiger charge is -2.14. The van der Waals surface area contributed by atoms with Gasteiger partial charge in [0, 0.05) is 5.69 Å². The van der Waals surface area contributed by atoms with E-state index in [1.807, 2.05) is 43.3 Å². The number of para-hydroxylation sites is 1. The lowest BCUT2D eigenvalue weighted by molar-refractivity contribution is 0.102. The smallest absolute Gasteiger partial charge is 0.275 e. The molecule has 144 valence electrons. The van der Waals surface area contributed by atoms with Crippen LogP contribution >= 0.6 is 0 Å². The third kappa shape index (κ3) is 4.46. The van der Waals surface area contributed by atoms with Gasteiger partial charge in [-0.15, -0.1) is 0 Å². The molecular formula is C22H24N4O2. The van der Waals surface area contributed by atoms with E-state index in [1.165, 1.54) is 11.8 Å². The van der Waals surface area contributed by atoms with Crippen molar-refractivity contribution in [1.29, 1.82) is 0 Å². The van der Waals surface area contributed by atoms with E-state index >= 15 is 0 Å². The number of hydrogen-bond donors (Lipinski definition) is 2. The molecule has 0 radical (unpaired) electrons. The Balaban J connectivity index is 1.74. The molecule has 0 spiro atoms. The first-order valence-corrected chi connectivity index (χ1v) is 9.12. The van der Waals surface area contributed by atoms with Crippen molar-refractivity contribution in [2.24, 2.45) is 0 Å². The van der Waals surface area contributed by atoms with Gasteiger partial charge in [-0.2, -0.15) is 0 Å². The topological polar surface area (TPSA) is 76.1 Å². The molecule has 0 bridgehead atoms. The quantitative estimate of drug-likeness (QED) is 0.639. The molecule has 3 aromatic rings. The molecule has 0 aliphatic carbocycles. The van der Waals surface area contributed by atoms with Crippen molar-refractivity contribution < 1.29 is 9.53 Å². The van der Waals surface area contributed by atoms with Crippen LogP contribution in [0.25, 0.3) is 0 Å². The lowest BCUT2D eigenvalue weighted by atomic mass is 10.0. The fraction of sp³-hybridized carbons (Fsp3) is 0.227. The van der Waals surface area contributed by atoms with Crippen LogP contribution in [-0.2, 0) is 0 Å². The number of amides is 1. The minimum absolute atomic E-state index is 0.228. The molecule has 0 unspecified atom stereocenters. The number of anilines is 3.